The number of morpholine rings is 1. The van der Waals surface area contributed by atoms with E-state index >= 15 is 0 Å². The van der Waals surface area contributed by atoms with Gasteiger partial charge in [0.1, 0.15) is 11.5 Å². The highest BCUT2D eigenvalue weighted by Gasteiger charge is 2.38. The molecule has 1 amide bonds. The highest BCUT2D eigenvalue weighted by Crippen LogP contribution is 2.31. The largest absolute Gasteiger partial charge is 0.417 e. The Labute approximate surface area is 211 Å². The van der Waals surface area contributed by atoms with Gasteiger partial charge in [0.05, 0.1) is 29.4 Å². The third-order valence-electron chi connectivity index (χ3n) is 5.89. The molecule has 0 unspecified atom stereocenters. The molecule has 11 heteroatoms. The molecule has 0 aliphatic carbocycles. The number of rotatable bonds is 5. The van der Waals surface area contributed by atoms with E-state index in [1.54, 1.807) is 19.9 Å². The SMILES string of the molecule is [2H]C([2H])([2H])c1ccc(-c2ncccn2)c(C(=O)N2C[C@@H](C)O[C@@H](C)[C@H]2CNc2ncc(C(F)(F)F)cc2C)n1. The van der Waals surface area contributed by atoms with Gasteiger partial charge in [-0.15, -0.1) is 0 Å². The minimum Gasteiger partial charge on any atom is -0.372 e. The van der Waals surface area contributed by atoms with E-state index in [0.717, 1.165) is 12.3 Å². The number of amides is 1. The van der Waals surface area contributed by atoms with Crippen LogP contribution in [0.15, 0.2) is 42.9 Å². The van der Waals surface area contributed by atoms with Crippen molar-refractivity contribution in [2.45, 2.75) is 52.0 Å². The summed E-state index contributed by atoms with van der Waals surface area (Å²) in [5.74, 6) is -0.101. The number of hydrogen-bond acceptors (Lipinski definition) is 7. The Hall–Kier alpha value is -3.60. The first-order chi connectivity index (χ1) is 18.3. The maximum absolute atomic E-state index is 14.0. The van der Waals surface area contributed by atoms with Gasteiger partial charge in [-0.3, -0.25) is 4.79 Å². The molecule has 0 saturated carbocycles. The van der Waals surface area contributed by atoms with E-state index in [1.807, 2.05) is 0 Å². The van der Waals surface area contributed by atoms with Crippen molar-refractivity contribution in [1.29, 1.82) is 0 Å². The van der Waals surface area contributed by atoms with Crippen LogP contribution in [0.25, 0.3) is 11.4 Å². The van der Waals surface area contributed by atoms with Crippen molar-refractivity contribution in [2.75, 3.05) is 18.4 Å². The standard InChI is InChI=1S/C25H27F3N6O2/c1-14-10-18(25(26,27)28)11-31-22(14)32-12-20-17(4)36-16(3)13-34(20)24(35)21-19(7-6-15(2)33-21)23-29-8-5-9-30-23/h5-11,16-17,20H,12-13H2,1-4H3,(H,31,32)/t16-,17+,20-/m1/s1/i2D3. The fourth-order valence-corrected chi connectivity index (χ4v) is 4.17. The summed E-state index contributed by atoms with van der Waals surface area (Å²) in [6.45, 7) is 2.81. The smallest absolute Gasteiger partial charge is 0.372 e. The summed E-state index contributed by atoms with van der Waals surface area (Å²) < 4.78 is 68.4. The van der Waals surface area contributed by atoms with E-state index in [1.165, 1.54) is 36.4 Å². The summed E-state index contributed by atoms with van der Waals surface area (Å²) in [4.78, 5) is 32.1. The van der Waals surface area contributed by atoms with Crippen molar-refractivity contribution in [1.82, 2.24) is 24.8 Å². The maximum atomic E-state index is 14.0. The Kier molecular flexibility index (Phi) is 6.12. The molecule has 190 valence electrons. The van der Waals surface area contributed by atoms with Gasteiger partial charge in [0, 0.05) is 41.5 Å². The van der Waals surface area contributed by atoms with Gasteiger partial charge in [-0.25, -0.2) is 19.9 Å². The summed E-state index contributed by atoms with van der Waals surface area (Å²) >= 11 is 0. The van der Waals surface area contributed by atoms with E-state index in [-0.39, 0.29) is 53.4 Å². The average molecular weight is 504 g/mol. The predicted molar refractivity (Wildman–Crippen MR) is 127 cm³/mol. The molecule has 4 heterocycles. The summed E-state index contributed by atoms with van der Waals surface area (Å²) in [6, 6.07) is 4.81. The summed E-state index contributed by atoms with van der Waals surface area (Å²) in [6.07, 6.45) is -1.58. The van der Waals surface area contributed by atoms with Gasteiger partial charge in [0.2, 0.25) is 0 Å². The fraction of sp³-hybridized carbons (Fsp3) is 0.400. The molecule has 1 aliphatic rings. The number of anilines is 1. The van der Waals surface area contributed by atoms with Crippen molar-refractivity contribution < 1.29 is 26.8 Å². The minimum absolute atomic E-state index is 0.106. The van der Waals surface area contributed by atoms with Crippen LogP contribution in [0.4, 0.5) is 19.0 Å². The van der Waals surface area contributed by atoms with Crippen molar-refractivity contribution in [2.24, 2.45) is 0 Å². The summed E-state index contributed by atoms with van der Waals surface area (Å²) in [7, 11) is 0. The highest BCUT2D eigenvalue weighted by molar-refractivity contribution is 5.98. The molecule has 0 bridgehead atoms. The topological polar surface area (TPSA) is 93.1 Å². The van der Waals surface area contributed by atoms with Crippen LogP contribution in [-0.4, -0.2) is 62.1 Å². The Morgan fingerprint density at radius 2 is 2.00 bits per heavy atom. The Morgan fingerprint density at radius 1 is 1.25 bits per heavy atom. The van der Waals surface area contributed by atoms with E-state index in [9.17, 15) is 18.0 Å². The molecular weight excluding hydrogens is 473 g/mol. The van der Waals surface area contributed by atoms with Crippen LogP contribution in [0, 0.1) is 13.8 Å². The molecule has 1 N–H and O–H groups in total. The van der Waals surface area contributed by atoms with Crippen molar-refractivity contribution in [3.05, 3.63) is 65.4 Å². The second-order valence-electron chi connectivity index (χ2n) is 8.61. The molecule has 3 aromatic rings. The number of carbonyl (C=O) groups excluding carboxylic acids is 1. The van der Waals surface area contributed by atoms with E-state index in [4.69, 9.17) is 8.85 Å². The molecule has 0 spiro atoms. The van der Waals surface area contributed by atoms with Crippen LogP contribution < -0.4 is 5.32 Å². The molecule has 1 fully saturated rings. The van der Waals surface area contributed by atoms with E-state index in [2.05, 4.69) is 25.3 Å². The average Bonchev–Trinajstić information content (AvgIpc) is 2.87. The molecule has 1 saturated heterocycles. The van der Waals surface area contributed by atoms with Gasteiger partial charge >= 0.3 is 6.18 Å². The zero-order chi connectivity index (χ0) is 28.5. The Morgan fingerprint density at radius 3 is 2.67 bits per heavy atom. The van der Waals surface area contributed by atoms with E-state index in [0.29, 0.717) is 0 Å². The number of ether oxygens (including phenoxy) is 1. The van der Waals surface area contributed by atoms with E-state index < -0.39 is 36.6 Å². The van der Waals surface area contributed by atoms with Crippen LogP contribution in [0.2, 0.25) is 0 Å². The van der Waals surface area contributed by atoms with Crippen LogP contribution in [0.5, 0.6) is 0 Å². The first-order valence-electron chi connectivity index (χ1n) is 12.8. The van der Waals surface area contributed by atoms with Gasteiger partial charge < -0.3 is 15.0 Å². The zero-order valence-corrected chi connectivity index (χ0v) is 19.9. The third kappa shape index (κ3) is 5.46. The van der Waals surface area contributed by atoms with Gasteiger partial charge in [-0.05, 0) is 57.5 Å². The number of pyridine rings is 2. The monoisotopic (exact) mass is 503 g/mol. The number of aromatic nitrogens is 4. The first-order valence-corrected chi connectivity index (χ1v) is 11.3. The van der Waals surface area contributed by atoms with Gasteiger partial charge in [0.15, 0.2) is 5.82 Å². The lowest BCUT2D eigenvalue weighted by Gasteiger charge is -2.43. The fourth-order valence-electron chi connectivity index (χ4n) is 4.17. The summed E-state index contributed by atoms with van der Waals surface area (Å²) in [5.41, 5.74) is -0.672. The maximum Gasteiger partial charge on any atom is 0.417 e. The van der Waals surface area contributed by atoms with Crippen molar-refractivity contribution in [3.63, 3.8) is 0 Å². The molecule has 0 radical (unpaired) electrons. The van der Waals surface area contributed by atoms with Crippen LogP contribution in [0.3, 0.4) is 0 Å². The molecule has 3 atom stereocenters. The summed E-state index contributed by atoms with van der Waals surface area (Å²) in [5, 5.41) is 3.04. The lowest BCUT2D eigenvalue weighted by molar-refractivity contribution is -0.137. The normalized spacial score (nSPS) is 21.9. The second kappa shape index (κ2) is 10.2. The number of hydrogen-bond donors (Lipinski definition) is 1. The number of halogens is 3. The van der Waals surface area contributed by atoms with Gasteiger partial charge in [-0.1, -0.05) is 0 Å². The second-order valence-corrected chi connectivity index (χ2v) is 8.61. The van der Waals surface area contributed by atoms with Gasteiger partial charge in [0.25, 0.3) is 5.91 Å². The zero-order valence-electron chi connectivity index (χ0n) is 22.9. The minimum atomic E-state index is -4.52. The number of nitrogens with zero attached hydrogens (tertiary/aromatic N) is 5. The molecule has 8 nitrogen and oxygen atoms in total. The molecule has 4 rings (SSSR count). The Balaban J connectivity index is 1.68. The van der Waals surface area contributed by atoms with Crippen molar-refractivity contribution >= 4 is 11.7 Å². The lowest BCUT2D eigenvalue weighted by Crippen LogP contribution is -2.58. The number of carbonyl (C=O) groups is 1. The van der Waals surface area contributed by atoms with Crippen molar-refractivity contribution in [3.8, 4) is 11.4 Å². The molecule has 3 aromatic heterocycles. The van der Waals surface area contributed by atoms with Crippen LogP contribution in [-0.2, 0) is 10.9 Å². The molecule has 0 aromatic carbocycles. The quantitative estimate of drug-likeness (QED) is 0.555. The number of alkyl halides is 3. The first kappa shape index (κ1) is 21.7. The molecule has 1 aliphatic heterocycles. The number of aryl methyl sites for hydroxylation is 2. The predicted octanol–water partition coefficient (Wildman–Crippen LogP) is 4.30. The number of nitrogens with one attached hydrogen (secondary N) is 1. The third-order valence-corrected chi connectivity index (χ3v) is 5.89. The highest BCUT2D eigenvalue weighted by atomic mass is 19.4. The Bertz CT molecular complexity index is 1340. The van der Waals surface area contributed by atoms with Crippen LogP contribution in [0.1, 0.15) is 45.3 Å². The van der Waals surface area contributed by atoms with Gasteiger partial charge in [-0.2, -0.15) is 13.2 Å². The molecular formula is C25H27F3N6O2. The lowest BCUT2D eigenvalue weighted by atomic mass is 10.0. The van der Waals surface area contributed by atoms with Crippen LogP contribution >= 0.6 is 0 Å². The molecule has 36 heavy (non-hydrogen) atoms.